The van der Waals surface area contributed by atoms with Crippen LogP contribution in [0, 0.1) is 0 Å². The van der Waals surface area contributed by atoms with E-state index in [1.54, 1.807) is 28.4 Å². The van der Waals surface area contributed by atoms with Crippen molar-refractivity contribution in [3.8, 4) is 11.5 Å². The van der Waals surface area contributed by atoms with Crippen LogP contribution in [0.2, 0.25) is 0 Å². The van der Waals surface area contributed by atoms with Crippen molar-refractivity contribution in [1.29, 1.82) is 0 Å². The Labute approximate surface area is 108 Å². The molecule has 1 atom stereocenters. The predicted molar refractivity (Wildman–Crippen MR) is 70.4 cm³/mol. The van der Waals surface area contributed by atoms with Crippen LogP contribution < -0.4 is 14.8 Å². The number of ether oxygens (including phenoxy) is 4. The summed E-state index contributed by atoms with van der Waals surface area (Å²) in [7, 11) is 6.46. The number of hydrogen-bond acceptors (Lipinski definition) is 5. The standard InChI is InChI=1S/C13H21NO4/c1-9(13(17-4)18-5)14-10-6-11(15-2)8-12(7-10)16-3/h6-9,13-14H,1-5H3. The zero-order valence-corrected chi connectivity index (χ0v) is 11.5. The molecule has 0 heterocycles. The molecule has 18 heavy (non-hydrogen) atoms. The maximum atomic E-state index is 5.21. The van der Waals surface area contributed by atoms with Crippen LogP contribution in [0.25, 0.3) is 0 Å². The summed E-state index contributed by atoms with van der Waals surface area (Å²) in [6, 6.07) is 5.60. The van der Waals surface area contributed by atoms with Gasteiger partial charge < -0.3 is 24.3 Å². The molecule has 0 amide bonds. The molecule has 0 bridgehead atoms. The minimum Gasteiger partial charge on any atom is -0.497 e. The lowest BCUT2D eigenvalue weighted by molar-refractivity contribution is -0.109. The highest BCUT2D eigenvalue weighted by Gasteiger charge is 2.16. The minimum absolute atomic E-state index is 0.00295. The Morgan fingerprint density at radius 3 is 1.78 bits per heavy atom. The Morgan fingerprint density at radius 2 is 1.39 bits per heavy atom. The van der Waals surface area contributed by atoms with Crippen LogP contribution in [0.1, 0.15) is 6.92 Å². The molecule has 5 heteroatoms. The zero-order valence-electron chi connectivity index (χ0n) is 11.5. The van der Waals surface area contributed by atoms with Crippen molar-refractivity contribution < 1.29 is 18.9 Å². The summed E-state index contributed by atoms with van der Waals surface area (Å²) in [6.07, 6.45) is -0.317. The molecule has 1 aromatic rings. The van der Waals surface area contributed by atoms with Crippen LogP contribution >= 0.6 is 0 Å². The molecule has 1 aromatic carbocycles. The molecular weight excluding hydrogens is 234 g/mol. The van der Waals surface area contributed by atoms with Crippen LogP contribution in [-0.2, 0) is 9.47 Å². The van der Waals surface area contributed by atoms with Gasteiger partial charge in [0.25, 0.3) is 0 Å². The molecule has 0 radical (unpaired) electrons. The van der Waals surface area contributed by atoms with Gasteiger partial charge in [0.1, 0.15) is 11.5 Å². The molecule has 1 rings (SSSR count). The highest BCUT2D eigenvalue weighted by atomic mass is 16.7. The van der Waals surface area contributed by atoms with Gasteiger partial charge in [-0.1, -0.05) is 0 Å². The van der Waals surface area contributed by atoms with Gasteiger partial charge in [-0.25, -0.2) is 0 Å². The van der Waals surface area contributed by atoms with Gasteiger partial charge in [0.05, 0.1) is 20.3 Å². The number of hydrogen-bond donors (Lipinski definition) is 1. The van der Waals surface area contributed by atoms with Gasteiger partial charge in [0.2, 0.25) is 0 Å². The van der Waals surface area contributed by atoms with Gasteiger partial charge in [-0.15, -0.1) is 0 Å². The van der Waals surface area contributed by atoms with E-state index in [1.807, 2.05) is 25.1 Å². The topological polar surface area (TPSA) is 49.0 Å². The van der Waals surface area contributed by atoms with Crippen LogP contribution in [0.5, 0.6) is 11.5 Å². The largest absolute Gasteiger partial charge is 0.497 e. The SMILES string of the molecule is COc1cc(NC(C)C(OC)OC)cc(OC)c1. The van der Waals surface area contributed by atoms with Crippen LogP contribution in [0.15, 0.2) is 18.2 Å². The first-order chi connectivity index (χ1) is 8.64. The molecule has 0 aromatic heterocycles. The van der Waals surface area contributed by atoms with Crippen molar-refractivity contribution >= 4 is 5.69 Å². The summed E-state index contributed by atoms with van der Waals surface area (Å²) in [5.41, 5.74) is 0.887. The summed E-state index contributed by atoms with van der Waals surface area (Å²) >= 11 is 0. The number of rotatable bonds is 7. The van der Waals surface area contributed by atoms with Crippen molar-refractivity contribution in [1.82, 2.24) is 0 Å². The lowest BCUT2D eigenvalue weighted by Crippen LogP contribution is -2.33. The van der Waals surface area contributed by atoms with E-state index in [0.717, 1.165) is 17.2 Å². The quantitative estimate of drug-likeness (QED) is 0.756. The first-order valence-corrected chi connectivity index (χ1v) is 5.69. The Bertz CT molecular complexity index is 344. The maximum Gasteiger partial charge on any atom is 0.176 e. The zero-order chi connectivity index (χ0) is 13.5. The average molecular weight is 255 g/mol. The van der Waals surface area contributed by atoms with E-state index in [9.17, 15) is 0 Å². The molecule has 0 aliphatic rings. The lowest BCUT2D eigenvalue weighted by atomic mass is 10.2. The first kappa shape index (κ1) is 14.6. The van der Waals surface area contributed by atoms with E-state index in [1.165, 1.54) is 0 Å². The molecule has 102 valence electrons. The Balaban J connectivity index is 2.82. The Morgan fingerprint density at radius 1 is 0.889 bits per heavy atom. The van der Waals surface area contributed by atoms with Gasteiger partial charge in [-0.2, -0.15) is 0 Å². The van der Waals surface area contributed by atoms with Crippen molar-refractivity contribution in [2.45, 2.75) is 19.3 Å². The minimum atomic E-state index is -0.317. The molecule has 0 spiro atoms. The Hall–Kier alpha value is -1.46. The highest BCUT2D eigenvalue weighted by Crippen LogP contribution is 2.26. The molecule has 5 nitrogen and oxygen atoms in total. The molecule has 0 aliphatic carbocycles. The Kier molecular flexibility index (Phi) is 5.74. The third-order valence-electron chi connectivity index (χ3n) is 2.62. The third-order valence-corrected chi connectivity index (χ3v) is 2.62. The fraction of sp³-hybridized carbons (Fsp3) is 0.538. The average Bonchev–Trinajstić information content (AvgIpc) is 2.39. The van der Waals surface area contributed by atoms with Gasteiger partial charge in [-0.05, 0) is 6.92 Å². The number of nitrogens with one attached hydrogen (secondary N) is 1. The van der Waals surface area contributed by atoms with E-state index >= 15 is 0 Å². The molecule has 0 fully saturated rings. The normalized spacial score (nSPS) is 12.3. The molecule has 0 aliphatic heterocycles. The third kappa shape index (κ3) is 3.78. The molecule has 1 N–H and O–H groups in total. The van der Waals surface area contributed by atoms with E-state index in [2.05, 4.69) is 5.32 Å². The predicted octanol–water partition coefficient (Wildman–Crippen LogP) is 2.12. The van der Waals surface area contributed by atoms with E-state index in [4.69, 9.17) is 18.9 Å². The molecule has 1 unspecified atom stereocenters. The molecule has 0 saturated carbocycles. The van der Waals surface area contributed by atoms with Gasteiger partial charge in [0.15, 0.2) is 6.29 Å². The summed E-state index contributed by atoms with van der Waals surface area (Å²) in [4.78, 5) is 0. The smallest absolute Gasteiger partial charge is 0.176 e. The van der Waals surface area contributed by atoms with E-state index < -0.39 is 0 Å². The monoisotopic (exact) mass is 255 g/mol. The fourth-order valence-electron chi connectivity index (χ4n) is 1.73. The second-order valence-corrected chi connectivity index (χ2v) is 3.87. The molecule has 0 saturated heterocycles. The van der Waals surface area contributed by atoms with Gasteiger partial charge in [0, 0.05) is 38.1 Å². The van der Waals surface area contributed by atoms with Gasteiger partial charge >= 0.3 is 0 Å². The van der Waals surface area contributed by atoms with E-state index in [0.29, 0.717) is 0 Å². The van der Waals surface area contributed by atoms with Crippen LogP contribution in [-0.4, -0.2) is 40.8 Å². The van der Waals surface area contributed by atoms with Crippen molar-refractivity contribution in [3.05, 3.63) is 18.2 Å². The van der Waals surface area contributed by atoms with Crippen LogP contribution in [0.4, 0.5) is 5.69 Å². The second-order valence-electron chi connectivity index (χ2n) is 3.87. The summed E-state index contributed by atoms with van der Waals surface area (Å²) in [6.45, 7) is 1.98. The van der Waals surface area contributed by atoms with Crippen molar-refractivity contribution in [3.63, 3.8) is 0 Å². The van der Waals surface area contributed by atoms with Crippen molar-refractivity contribution in [2.24, 2.45) is 0 Å². The number of benzene rings is 1. The number of methoxy groups -OCH3 is 4. The molecular formula is C13H21NO4. The first-order valence-electron chi connectivity index (χ1n) is 5.69. The van der Waals surface area contributed by atoms with Crippen LogP contribution in [0.3, 0.4) is 0 Å². The highest BCUT2D eigenvalue weighted by molar-refractivity contribution is 5.54. The lowest BCUT2D eigenvalue weighted by Gasteiger charge is -2.23. The summed E-state index contributed by atoms with van der Waals surface area (Å²) in [5.74, 6) is 1.46. The summed E-state index contributed by atoms with van der Waals surface area (Å²) < 4.78 is 20.8. The van der Waals surface area contributed by atoms with Crippen molar-refractivity contribution in [2.75, 3.05) is 33.8 Å². The second kappa shape index (κ2) is 7.08. The van der Waals surface area contributed by atoms with E-state index in [-0.39, 0.29) is 12.3 Å². The fourth-order valence-corrected chi connectivity index (χ4v) is 1.73. The maximum absolute atomic E-state index is 5.21. The summed E-state index contributed by atoms with van der Waals surface area (Å²) in [5, 5.41) is 3.28. The number of anilines is 1. The van der Waals surface area contributed by atoms with Gasteiger partial charge in [-0.3, -0.25) is 0 Å².